The van der Waals surface area contributed by atoms with Gasteiger partial charge >= 0.3 is 0 Å². The Hall–Kier alpha value is -1.10. The van der Waals surface area contributed by atoms with Crippen molar-refractivity contribution in [2.75, 3.05) is 32.7 Å². The van der Waals surface area contributed by atoms with Gasteiger partial charge in [-0.2, -0.15) is 0 Å². The van der Waals surface area contributed by atoms with Gasteiger partial charge in [0, 0.05) is 43.8 Å². The van der Waals surface area contributed by atoms with Crippen molar-refractivity contribution in [1.82, 2.24) is 15.1 Å². The van der Waals surface area contributed by atoms with Crippen molar-refractivity contribution in [3.05, 3.63) is 34.9 Å². The van der Waals surface area contributed by atoms with E-state index in [0.717, 1.165) is 66.5 Å². The molecule has 4 aliphatic carbocycles. The zero-order valence-electron chi connectivity index (χ0n) is 16.7. The smallest absolute Gasteiger partial charge is 0.234 e. The highest BCUT2D eigenvalue weighted by Gasteiger charge is 2.50. The van der Waals surface area contributed by atoms with E-state index < -0.39 is 0 Å². The summed E-state index contributed by atoms with van der Waals surface area (Å²) in [6, 6.07) is 8.51. The van der Waals surface area contributed by atoms with Crippen molar-refractivity contribution < 1.29 is 4.79 Å². The highest BCUT2D eigenvalue weighted by atomic mass is 35.5. The standard InChI is InChI=1S/C23H32ClN3O/c24-21-3-1-16(2-4-21)14-25-22(28)15-26-5-7-27(8-6-26)23-19-10-17-9-18(12-19)13-20(23)11-17/h1-4,17-20,23H,5-15H2,(H,25,28). The molecule has 1 heterocycles. The van der Waals surface area contributed by atoms with Crippen LogP contribution >= 0.6 is 11.6 Å². The molecular weight excluding hydrogens is 370 g/mol. The van der Waals surface area contributed by atoms with Crippen molar-refractivity contribution in [2.45, 2.75) is 44.7 Å². The third-order valence-corrected chi connectivity index (χ3v) is 8.03. The van der Waals surface area contributed by atoms with Gasteiger partial charge in [-0.3, -0.25) is 14.6 Å². The number of amides is 1. The lowest BCUT2D eigenvalue weighted by molar-refractivity contribution is -0.123. The minimum absolute atomic E-state index is 0.123. The second-order valence-electron chi connectivity index (χ2n) is 9.64. The lowest BCUT2D eigenvalue weighted by Crippen LogP contribution is -2.60. The fraction of sp³-hybridized carbons (Fsp3) is 0.696. The van der Waals surface area contributed by atoms with E-state index >= 15 is 0 Å². The van der Waals surface area contributed by atoms with Crippen LogP contribution in [0.3, 0.4) is 0 Å². The normalized spacial score (nSPS) is 35.2. The van der Waals surface area contributed by atoms with Crippen molar-refractivity contribution in [3.63, 3.8) is 0 Å². The van der Waals surface area contributed by atoms with Crippen LogP contribution in [0.15, 0.2) is 24.3 Å². The summed E-state index contributed by atoms with van der Waals surface area (Å²) >= 11 is 5.91. The van der Waals surface area contributed by atoms with Crippen LogP contribution in [0.4, 0.5) is 0 Å². The van der Waals surface area contributed by atoms with E-state index in [1.807, 2.05) is 24.3 Å². The molecule has 5 fully saturated rings. The van der Waals surface area contributed by atoms with Gasteiger partial charge in [-0.05, 0) is 73.5 Å². The predicted octanol–water partition coefficient (Wildman–Crippen LogP) is 3.40. The summed E-state index contributed by atoms with van der Waals surface area (Å²) in [7, 11) is 0. The third-order valence-electron chi connectivity index (χ3n) is 7.78. The molecule has 0 aromatic heterocycles. The molecule has 1 saturated heterocycles. The van der Waals surface area contributed by atoms with Crippen LogP contribution in [0.2, 0.25) is 5.02 Å². The number of carbonyl (C=O) groups is 1. The minimum atomic E-state index is 0.123. The number of hydrogen-bond donors (Lipinski definition) is 1. The summed E-state index contributed by atoms with van der Waals surface area (Å²) in [5, 5.41) is 3.77. The largest absolute Gasteiger partial charge is 0.351 e. The summed E-state index contributed by atoms with van der Waals surface area (Å²) in [4.78, 5) is 17.5. The van der Waals surface area contributed by atoms with E-state index in [1.54, 1.807) is 0 Å². The highest BCUT2D eigenvalue weighted by molar-refractivity contribution is 6.30. The number of carbonyl (C=O) groups excluding carboxylic acids is 1. The Morgan fingerprint density at radius 2 is 1.54 bits per heavy atom. The fourth-order valence-electron chi connectivity index (χ4n) is 6.77. The van der Waals surface area contributed by atoms with Gasteiger partial charge < -0.3 is 5.32 Å². The van der Waals surface area contributed by atoms with Crippen LogP contribution in [0.25, 0.3) is 0 Å². The number of benzene rings is 1. The summed E-state index contributed by atoms with van der Waals surface area (Å²) < 4.78 is 0. The second-order valence-corrected chi connectivity index (χ2v) is 10.1. The SMILES string of the molecule is O=C(CN1CCN(C2C3CC4CC(C3)CC2C4)CC1)NCc1ccc(Cl)cc1. The minimum Gasteiger partial charge on any atom is -0.351 e. The quantitative estimate of drug-likeness (QED) is 0.821. The first-order valence-corrected chi connectivity index (χ1v) is 11.5. The Balaban J connectivity index is 1.08. The van der Waals surface area contributed by atoms with Crippen molar-refractivity contribution in [1.29, 1.82) is 0 Å². The predicted molar refractivity (Wildman–Crippen MR) is 112 cm³/mol. The zero-order chi connectivity index (χ0) is 19.1. The average Bonchev–Trinajstić information content (AvgIpc) is 2.68. The van der Waals surface area contributed by atoms with Gasteiger partial charge in [-0.25, -0.2) is 0 Å². The number of rotatable bonds is 5. The van der Waals surface area contributed by atoms with E-state index in [4.69, 9.17) is 11.6 Å². The van der Waals surface area contributed by atoms with Crippen molar-refractivity contribution in [2.24, 2.45) is 23.7 Å². The van der Waals surface area contributed by atoms with E-state index in [2.05, 4.69) is 15.1 Å². The molecule has 0 spiro atoms. The third kappa shape index (κ3) is 3.96. The number of piperazine rings is 1. The molecular formula is C23H32ClN3O. The Bertz CT molecular complexity index is 670. The summed E-state index contributed by atoms with van der Waals surface area (Å²) in [6.45, 7) is 5.41. The topological polar surface area (TPSA) is 35.6 Å². The molecule has 1 amide bonds. The molecule has 28 heavy (non-hydrogen) atoms. The maximum Gasteiger partial charge on any atom is 0.234 e. The lowest BCUT2D eigenvalue weighted by atomic mass is 9.54. The zero-order valence-corrected chi connectivity index (χ0v) is 17.4. The first-order chi connectivity index (χ1) is 13.6. The lowest BCUT2D eigenvalue weighted by Gasteiger charge is -2.58. The Kier molecular flexibility index (Phi) is 5.38. The molecule has 4 nitrogen and oxygen atoms in total. The van der Waals surface area contributed by atoms with Crippen molar-refractivity contribution in [3.8, 4) is 0 Å². The van der Waals surface area contributed by atoms with E-state index in [-0.39, 0.29) is 5.91 Å². The molecule has 4 bridgehead atoms. The molecule has 4 saturated carbocycles. The van der Waals surface area contributed by atoms with Crippen LogP contribution in [0.5, 0.6) is 0 Å². The molecule has 0 radical (unpaired) electrons. The number of hydrogen-bond acceptors (Lipinski definition) is 3. The highest BCUT2D eigenvalue weighted by Crippen LogP contribution is 2.55. The van der Waals surface area contributed by atoms with Gasteiger partial charge in [0.05, 0.1) is 6.54 Å². The molecule has 5 aliphatic rings. The van der Waals surface area contributed by atoms with Gasteiger partial charge in [-0.15, -0.1) is 0 Å². The Morgan fingerprint density at radius 3 is 2.14 bits per heavy atom. The van der Waals surface area contributed by atoms with E-state index in [9.17, 15) is 4.79 Å². The molecule has 1 N–H and O–H groups in total. The number of halogens is 1. The first-order valence-electron chi connectivity index (χ1n) is 11.1. The van der Waals surface area contributed by atoms with Crippen LogP contribution < -0.4 is 5.32 Å². The van der Waals surface area contributed by atoms with Crippen molar-refractivity contribution >= 4 is 17.5 Å². The fourth-order valence-corrected chi connectivity index (χ4v) is 6.90. The van der Waals surface area contributed by atoms with Crippen LogP contribution in [-0.4, -0.2) is 54.5 Å². The van der Waals surface area contributed by atoms with Crippen LogP contribution in [0, 0.1) is 23.7 Å². The Morgan fingerprint density at radius 1 is 0.929 bits per heavy atom. The van der Waals surface area contributed by atoms with Crippen LogP contribution in [-0.2, 0) is 11.3 Å². The maximum atomic E-state index is 12.3. The molecule has 6 rings (SSSR count). The molecule has 1 aromatic carbocycles. The maximum absolute atomic E-state index is 12.3. The second kappa shape index (κ2) is 7.97. The molecule has 152 valence electrons. The Labute approximate surface area is 173 Å². The summed E-state index contributed by atoms with van der Waals surface area (Å²) in [5.74, 6) is 4.14. The summed E-state index contributed by atoms with van der Waals surface area (Å²) in [5.41, 5.74) is 1.09. The van der Waals surface area contributed by atoms with Gasteiger partial charge in [0.25, 0.3) is 0 Å². The van der Waals surface area contributed by atoms with Crippen LogP contribution in [0.1, 0.15) is 37.7 Å². The molecule has 5 heteroatoms. The average molecular weight is 402 g/mol. The van der Waals surface area contributed by atoms with Gasteiger partial charge in [0.15, 0.2) is 0 Å². The van der Waals surface area contributed by atoms with Gasteiger partial charge in [0.2, 0.25) is 5.91 Å². The van der Waals surface area contributed by atoms with E-state index in [0.29, 0.717) is 13.1 Å². The molecule has 0 unspecified atom stereocenters. The molecule has 0 atom stereocenters. The molecule has 1 aliphatic heterocycles. The number of nitrogens with one attached hydrogen (secondary N) is 1. The molecule has 1 aromatic rings. The first kappa shape index (κ1) is 18.9. The monoisotopic (exact) mass is 401 g/mol. The van der Waals surface area contributed by atoms with Gasteiger partial charge in [0.1, 0.15) is 0 Å². The summed E-state index contributed by atoms with van der Waals surface area (Å²) in [6.07, 6.45) is 7.49. The number of nitrogens with zero attached hydrogens (tertiary/aromatic N) is 2. The van der Waals surface area contributed by atoms with E-state index in [1.165, 1.54) is 32.1 Å². The van der Waals surface area contributed by atoms with Gasteiger partial charge in [-0.1, -0.05) is 23.7 Å².